The van der Waals surface area contributed by atoms with Crippen molar-refractivity contribution < 1.29 is 0 Å². The second kappa shape index (κ2) is 3.97. The normalized spacial score (nSPS) is 10.9. The van der Waals surface area contributed by atoms with Gasteiger partial charge in [0.1, 0.15) is 10.8 Å². The maximum atomic E-state index is 5.78. The van der Waals surface area contributed by atoms with Crippen molar-refractivity contribution in [3.63, 3.8) is 0 Å². The van der Waals surface area contributed by atoms with Gasteiger partial charge in [0.15, 0.2) is 0 Å². The molecule has 0 bridgehead atoms. The standard InChI is InChI=1S/C11H10N4S2/c1-6-2-3-9(17-6)8-5-16-11(14-8)7-4-13-15-10(7)12/h2-5H,1H3,(H3,12,13,15). The van der Waals surface area contributed by atoms with E-state index >= 15 is 0 Å². The van der Waals surface area contributed by atoms with Gasteiger partial charge in [-0.2, -0.15) is 5.10 Å². The minimum atomic E-state index is 0.563. The van der Waals surface area contributed by atoms with E-state index in [1.807, 2.05) is 5.38 Å². The van der Waals surface area contributed by atoms with Gasteiger partial charge in [0, 0.05) is 10.3 Å². The predicted molar refractivity (Wildman–Crippen MR) is 72.2 cm³/mol. The molecule has 3 aromatic heterocycles. The molecule has 4 nitrogen and oxygen atoms in total. The summed E-state index contributed by atoms with van der Waals surface area (Å²) in [7, 11) is 0. The average molecular weight is 262 g/mol. The molecule has 0 atom stereocenters. The molecule has 3 heterocycles. The molecule has 0 aliphatic heterocycles. The SMILES string of the molecule is Cc1ccc(-c2csc(-c3cn[nH]c3N)n2)s1. The largest absolute Gasteiger partial charge is 0.383 e. The Morgan fingerprint density at radius 1 is 1.35 bits per heavy atom. The number of anilines is 1. The van der Waals surface area contributed by atoms with Crippen molar-refractivity contribution in [1.29, 1.82) is 0 Å². The second-order valence-corrected chi connectivity index (χ2v) is 5.79. The third-order valence-corrected chi connectivity index (χ3v) is 4.29. The number of nitrogens with one attached hydrogen (secondary N) is 1. The Bertz CT molecular complexity index is 650. The van der Waals surface area contributed by atoms with Gasteiger partial charge in [-0.3, -0.25) is 5.10 Å². The summed E-state index contributed by atoms with van der Waals surface area (Å²) in [5.74, 6) is 0.563. The molecule has 0 aliphatic rings. The Hall–Kier alpha value is -1.66. The number of aryl methyl sites for hydroxylation is 1. The zero-order valence-electron chi connectivity index (χ0n) is 9.10. The van der Waals surface area contributed by atoms with Crippen LogP contribution in [0, 0.1) is 6.92 Å². The van der Waals surface area contributed by atoms with Crippen LogP contribution in [-0.4, -0.2) is 15.2 Å². The topological polar surface area (TPSA) is 67.6 Å². The Labute approximate surface area is 106 Å². The molecular formula is C11H10N4S2. The first-order valence-corrected chi connectivity index (χ1v) is 6.75. The molecule has 0 saturated carbocycles. The summed E-state index contributed by atoms with van der Waals surface area (Å²) in [6, 6.07) is 4.20. The lowest BCUT2D eigenvalue weighted by Gasteiger charge is -1.91. The van der Waals surface area contributed by atoms with Crippen LogP contribution in [0.5, 0.6) is 0 Å². The minimum Gasteiger partial charge on any atom is -0.383 e. The van der Waals surface area contributed by atoms with Gasteiger partial charge < -0.3 is 5.73 Å². The summed E-state index contributed by atoms with van der Waals surface area (Å²) < 4.78 is 0. The third-order valence-electron chi connectivity index (χ3n) is 2.40. The highest BCUT2D eigenvalue weighted by Gasteiger charge is 2.11. The summed E-state index contributed by atoms with van der Waals surface area (Å²) in [4.78, 5) is 7.06. The Balaban J connectivity index is 2.01. The van der Waals surface area contributed by atoms with Crippen molar-refractivity contribution in [1.82, 2.24) is 15.2 Å². The van der Waals surface area contributed by atoms with E-state index in [-0.39, 0.29) is 0 Å². The number of nitrogens with zero attached hydrogens (tertiary/aromatic N) is 2. The molecule has 3 rings (SSSR count). The van der Waals surface area contributed by atoms with Crippen LogP contribution in [0.2, 0.25) is 0 Å². The Morgan fingerprint density at radius 2 is 2.24 bits per heavy atom. The van der Waals surface area contributed by atoms with Crippen LogP contribution in [-0.2, 0) is 0 Å². The van der Waals surface area contributed by atoms with Gasteiger partial charge in [-0.1, -0.05) is 0 Å². The van der Waals surface area contributed by atoms with Gasteiger partial charge in [0.05, 0.1) is 22.3 Å². The molecule has 0 unspecified atom stereocenters. The van der Waals surface area contributed by atoms with E-state index < -0.39 is 0 Å². The molecule has 0 fully saturated rings. The molecule has 0 radical (unpaired) electrons. The number of nitrogen functional groups attached to an aromatic ring is 1. The van der Waals surface area contributed by atoms with Gasteiger partial charge in [-0.25, -0.2) is 4.98 Å². The van der Waals surface area contributed by atoms with E-state index in [1.54, 1.807) is 28.9 Å². The number of aromatic amines is 1. The highest BCUT2D eigenvalue weighted by molar-refractivity contribution is 7.16. The highest BCUT2D eigenvalue weighted by atomic mass is 32.1. The summed E-state index contributed by atoms with van der Waals surface area (Å²) in [6.07, 6.45) is 1.71. The lowest BCUT2D eigenvalue weighted by Crippen LogP contribution is -1.86. The lowest BCUT2D eigenvalue weighted by atomic mass is 10.3. The molecule has 0 saturated heterocycles. The van der Waals surface area contributed by atoms with Crippen molar-refractivity contribution in [2.75, 3.05) is 5.73 Å². The first-order chi connectivity index (χ1) is 8.24. The van der Waals surface area contributed by atoms with E-state index in [4.69, 9.17) is 5.73 Å². The van der Waals surface area contributed by atoms with E-state index in [9.17, 15) is 0 Å². The summed E-state index contributed by atoms with van der Waals surface area (Å²) in [5.41, 5.74) is 7.65. The smallest absolute Gasteiger partial charge is 0.129 e. The van der Waals surface area contributed by atoms with Crippen molar-refractivity contribution in [3.05, 3.63) is 28.6 Å². The average Bonchev–Trinajstić information content (AvgIpc) is 2.97. The van der Waals surface area contributed by atoms with Crippen LogP contribution in [0.4, 0.5) is 5.82 Å². The lowest BCUT2D eigenvalue weighted by molar-refractivity contribution is 1.10. The molecule has 86 valence electrons. The molecule has 0 aliphatic carbocycles. The van der Waals surface area contributed by atoms with Crippen LogP contribution in [0.3, 0.4) is 0 Å². The Kier molecular flexibility index (Phi) is 2.45. The van der Waals surface area contributed by atoms with Gasteiger partial charge in [-0.15, -0.1) is 22.7 Å². The minimum absolute atomic E-state index is 0.563. The number of thiazole rings is 1. The van der Waals surface area contributed by atoms with Gasteiger partial charge in [-0.05, 0) is 19.1 Å². The quantitative estimate of drug-likeness (QED) is 0.745. The monoisotopic (exact) mass is 262 g/mol. The highest BCUT2D eigenvalue weighted by Crippen LogP contribution is 2.33. The third kappa shape index (κ3) is 1.85. The number of aromatic nitrogens is 3. The molecular weight excluding hydrogens is 252 g/mol. The molecule has 0 spiro atoms. The van der Waals surface area contributed by atoms with E-state index in [1.165, 1.54) is 9.75 Å². The number of H-pyrrole nitrogens is 1. The summed E-state index contributed by atoms with van der Waals surface area (Å²) in [6.45, 7) is 2.09. The fraction of sp³-hybridized carbons (Fsp3) is 0.0909. The van der Waals surface area contributed by atoms with E-state index in [2.05, 4.69) is 34.2 Å². The molecule has 6 heteroatoms. The fourth-order valence-electron chi connectivity index (χ4n) is 1.55. The zero-order chi connectivity index (χ0) is 11.8. The Morgan fingerprint density at radius 3 is 2.88 bits per heavy atom. The maximum Gasteiger partial charge on any atom is 0.129 e. The summed E-state index contributed by atoms with van der Waals surface area (Å²) >= 11 is 3.33. The van der Waals surface area contributed by atoms with Crippen molar-refractivity contribution in [2.45, 2.75) is 6.92 Å². The van der Waals surface area contributed by atoms with Crippen molar-refractivity contribution >= 4 is 28.5 Å². The fourth-order valence-corrected chi connectivity index (χ4v) is 3.30. The van der Waals surface area contributed by atoms with Crippen LogP contribution >= 0.6 is 22.7 Å². The van der Waals surface area contributed by atoms with Crippen LogP contribution in [0.1, 0.15) is 4.88 Å². The summed E-state index contributed by atoms with van der Waals surface area (Å²) in [5, 5.41) is 9.57. The van der Waals surface area contributed by atoms with Crippen LogP contribution in [0.15, 0.2) is 23.7 Å². The first-order valence-electron chi connectivity index (χ1n) is 5.05. The number of hydrogen-bond acceptors (Lipinski definition) is 5. The van der Waals surface area contributed by atoms with Gasteiger partial charge >= 0.3 is 0 Å². The van der Waals surface area contributed by atoms with Gasteiger partial charge in [0.25, 0.3) is 0 Å². The number of rotatable bonds is 2. The molecule has 0 amide bonds. The van der Waals surface area contributed by atoms with Crippen molar-refractivity contribution in [2.24, 2.45) is 0 Å². The predicted octanol–water partition coefficient (Wildman–Crippen LogP) is 3.15. The first kappa shape index (κ1) is 10.5. The van der Waals surface area contributed by atoms with E-state index in [0.717, 1.165) is 16.3 Å². The number of hydrogen-bond donors (Lipinski definition) is 2. The number of thiophene rings is 1. The molecule has 3 N–H and O–H groups in total. The number of nitrogens with two attached hydrogens (primary N) is 1. The van der Waals surface area contributed by atoms with E-state index in [0.29, 0.717) is 5.82 Å². The molecule has 3 aromatic rings. The van der Waals surface area contributed by atoms with Crippen LogP contribution in [0.25, 0.3) is 21.1 Å². The molecule has 17 heavy (non-hydrogen) atoms. The molecule has 0 aromatic carbocycles. The second-order valence-electron chi connectivity index (χ2n) is 3.65. The van der Waals surface area contributed by atoms with Crippen LogP contribution < -0.4 is 5.73 Å². The van der Waals surface area contributed by atoms with Crippen molar-refractivity contribution in [3.8, 4) is 21.1 Å². The van der Waals surface area contributed by atoms with Gasteiger partial charge in [0.2, 0.25) is 0 Å². The zero-order valence-corrected chi connectivity index (χ0v) is 10.7. The maximum absolute atomic E-state index is 5.78.